The third-order valence-corrected chi connectivity index (χ3v) is 3.30. The lowest BCUT2D eigenvalue weighted by Gasteiger charge is -2.07. The van der Waals surface area contributed by atoms with Gasteiger partial charge in [0.15, 0.2) is 0 Å². The molecule has 17 heavy (non-hydrogen) atoms. The van der Waals surface area contributed by atoms with E-state index < -0.39 is 0 Å². The van der Waals surface area contributed by atoms with E-state index in [0.29, 0.717) is 13.0 Å². The van der Waals surface area contributed by atoms with Crippen molar-refractivity contribution < 1.29 is 14.3 Å². The Labute approximate surface area is 106 Å². The monoisotopic (exact) mass is 254 g/mol. The zero-order chi connectivity index (χ0) is 12.5. The number of para-hydroxylation sites is 1. The number of benzene rings is 1. The van der Waals surface area contributed by atoms with Crippen LogP contribution in [0.1, 0.15) is 19.8 Å². The van der Waals surface area contributed by atoms with Gasteiger partial charge in [0, 0.05) is 11.3 Å². The van der Waals surface area contributed by atoms with Gasteiger partial charge in [-0.2, -0.15) is 0 Å². The maximum absolute atomic E-state index is 11.1. The van der Waals surface area contributed by atoms with Gasteiger partial charge in [-0.25, -0.2) is 0 Å². The molecule has 0 aromatic heterocycles. The molecule has 0 saturated carbocycles. The number of carbonyl (C=O) groups is 1. The molecule has 0 atom stereocenters. The average Bonchev–Trinajstić information content (AvgIpc) is 2.35. The smallest absolute Gasteiger partial charge is 0.305 e. The van der Waals surface area contributed by atoms with Gasteiger partial charge in [-0.3, -0.25) is 4.79 Å². The molecule has 0 radical (unpaired) electrons. The lowest BCUT2D eigenvalue weighted by atomic mass is 10.3. The van der Waals surface area contributed by atoms with E-state index in [4.69, 9.17) is 9.47 Å². The van der Waals surface area contributed by atoms with E-state index in [1.165, 1.54) is 0 Å². The SMILES string of the molecule is CCOC(=O)CCCSc1ccccc1OC. The fraction of sp³-hybridized carbons (Fsp3) is 0.462. The molecular weight excluding hydrogens is 236 g/mol. The summed E-state index contributed by atoms with van der Waals surface area (Å²) in [6.07, 6.45) is 1.30. The minimum Gasteiger partial charge on any atom is -0.496 e. The highest BCUT2D eigenvalue weighted by Crippen LogP contribution is 2.29. The molecule has 0 spiro atoms. The van der Waals surface area contributed by atoms with Crippen molar-refractivity contribution in [2.24, 2.45) is 0 Å². The zero-order valence-electron chi connectivity index (χ0n) is 10.3. The molecule has 0 amide bonds. The van der Waals surface area contributed by atoms with Gasteiger partial charge >= 0.3 is 5.97 Å². The predicted octanol–water partition coefficient (Wildman–Crippen LogP) is 3.13. The van der Waals surface area contributed by atoms with E-state index >= 15 is 0 Å². The maximum atomic E-state index is 11.1. The summed E-state index contributed by atoms with van der Waals surface area (Å²) >= 11 is 1.70. The van der Waals surface area contributed by atoms with E-state index in [1.807, 2.05) is 31.2 Å². The summed E-state index contributed by atoms with van der Waals surface area (Å²) in [5.41, 5.74) is 0. The highest BCUT2D eigenvalue weighted by atomic mass is 32.2. The van der Waals surface area contributed by atoms with E-state index in [-0.39, 0.29) is 5.97 Å². The van der Waals surface area contributed by atoms with Crippen LogP contribution < -0.4 is 4.74 Å². The Morgan fingerprint density at radius 3 is 2.82 bits per heavy atom. The third kappa shape index (κ3) is 5.13. The minimum absolute atomic E-state index is 0.117. The normalized spacial score (nSPS) is 10.0. The van der Waals surface area contributed by atoms with Crippen LogP contribution in [0.2, 0.25) is 0 Å². The molecule has 1 rings (SSSR count). The lowest BCUT2D eigenvalue weighted by Crippen LogP contribution is -2.03. The number of ether oxygens (including phenoxy) is 2. The van der Waals surface area contributed by atoms with Crippen molar-refractivity contribution in [3.8, 4) is 5.75 Å². The molecular formula is C13H18O3S. The molecule has 4 heteroatoms. The van der Waals surface area contributed by atoms with Crippen molar-refractivity contribution in [2.45, 2.75) is 24.7 Å². The second-order valence-electron chi connectivity index (χ2n) is 3.41. The summed E-state index contributed by atoms with van der Waals surface area (Å²) in [6, 6.07) is 7.89. The molecule has 0 heterocycles. The molecule has 1 aromatic carbocycles. The predicted molar refractivity (Wildman–Crippen MR) is 69.6 cm³/mol. The van der Waals surface area contributed by atoms with Gasteiger partial charge in [0.2, 0.25) is 0 Å². The number of hydrogen-bond acceptors (Lipinski definition) is 4. The summed E-state index contributed by atoms with van der Waals surface area (Å²) < 4.78 is 10.1. The molecule has 0 bridgehead atoms. The summed E-state index contributed by atoms with van der Waals surface area (Å²) in [5, 5.41) is 0. The molecule has 0 unspecified atom stereocenters. The second-order valence-corrected chi connectivity index (χ2v) is 4.54. The largest absolute Gasteiger partial charge is 0.496 e. The number of methoxy groups -OCH3 is 1. The van der Waals surface area contributed by atoms with E-state index in [1.54, 1.807) is 18.9 Å². The fourth-order valence-corrected chi connectivity index (χ4v) is 2.35. The van der Waals surface area contributed by atoms with Crippen LogP contribution in [-0.2, 0) is 9.53 Å². The highest BCUT2D eigenvalue weighted by Gasteiger charge is 2.04. The summed E-state index contributed by atoms with van der Waals surface area (Å²) in [5.74, 6) is 1.65. The molecule has 94 valence electrons. The zero-order valence-corrected chi connectivity index (χ0v) is 11.1. The molecule has 0 fully saturated rings. The highest BCUT2D eigenvalue weighted by molar-refractivity contribution is 7.99. The van der Waals surface area contributed by atoms with E-state index in [9.17, 15) is 4.79 Å². The van der Waals surface area contributed by atoms with Crippen LogP contribution in [0, 0.1) is 0 Å². The van der Waals surface area contributed by atoms with Crippen molar-refractivity contribution in [3.63, 3.8) is 0 Å². The molecule has 1 aromatic rings. The molecule has 0 aliphatic heterocycles. The molecule has 0 saturated heterocycles. The van der Waals surface area contributed by atoms with Gasteiger partial charge in [-0.05, 0) is 31.2 Å². The van der Waals surface area contributed by atoms with Crippen LogP contribution >= 0.6 is 11.8 Å². The van der Waals surface area contributed by atoms with Crippen molar-refractivity contribution in [1.82, 2.24) is 0 Å². The van der Waals surface area contributed by atoms with Crippen LogP contribution in [-0.4, -0.2) is 25.4 Å². The fourth-order valence-electron chi connectivity index (χ4n) is 1.37. The van der Waals surface area contributed by atoms with Crippen LogP contribution in [0.5, 0.6) is 5.75 Å². The van der Waals surface area contributed by atoms with Crippen LogP contribution in [0.4, 0.5) is 0 Å². The molecule has 3 nitrogen and oxygen atoms in total. The van der Waals surface area contributed by atoms with Gasteiger partial charge in [0.1, 0.15) is 5.75 Å². The summed E-state index contributed by atoms with van der Waals surface area (Å²) in [4.78, 5) is 12.2. The quantitative estimate of drug-likeness (QED) is 0.425. The van der Waals surface area contributed by atoms with Gasteiger partial charge < -0.3 is 9.47 Å². The number of esters is 1. The first-order valence-corrected chi connectivity index (χ1v) is 6.68. The van der Waals surface area contributed by atoms with Crippen LogP contribution in [0.25, 0.3) is 0 Å². The number of carbonyl (C=O) groups excluding carboxylic acids is 1. The maximum Gasteiger partial charge on any atom is 0.305 e. The third-order valence-electron chi connectivity index (χ3n) is 2.16. The van der Waals surface area contributed by atoms with Gasteiger partial charge in [-0.15, -0.1) is 11.8 Å². The van der Waals surface area contributed by atoms with E-state index in [2.05, 4.69) is 0 Å². The Bertz CT molecular complexity index is 352. The molecule has 0 aliphatic rings. The Morgan fingerprint density at radius 1 is 1.35 bits per heavy atom. The first kappa shape index (κ1) is 13.9. The number of thioether (sulfide) groups is 1. The van der Waals surface area contributed by atoms with Gasteiger partial charge in [0.05, 0.1) is 13.7 Å². The van der Waals surface area contributed by atoms with Crippen molar-refractivity contribution in [3.05, 3.63) is 24.3 Å². The van der Waals surface area contributed by atoms with Gasteiger partial charge in [-0.1, -0.05) is 12.1 Å². The Balaban J connectivity index is 2.28. The van der Waals surface area contributed by atoms with Crippen molar-refractivity contribution in [1.29, 1.82) is 0 Å². The van der Waals surface area contributed by atoms with E-state index in [0.717, 1.165) is 22.8 Å². The standard InChI is InChI=1S/C13H18O3S/c1-3-16-13(14)9-6-10-17-12-8-5-4-7-11(12)15-2/h4-5,7-8H,3,6,9-10H2,1-2H3. The average molecular weight is 254 g/mol. The number of rotatable bonds is 7. The Hall–Kier alpha value is -1.16. The first-order chi connectivity index (χ1) is 8.27. The Kier molecular flexibility index (Phi) is 6.55. The summed E-state index contributed by atoms with van der Waals surface area (Å²) in [6.45, 7) is 2.28. The Morgan fingerprint density at radius 2 is 2.12 bits per heavy atom. The molecule has 0 N–H and O–H groups in total. The topological polar surface area (TPSA) is 35.5 Å². The molecule has 0 aliphatic carbocycles. The number of hydrogen-bond donors (Lipinski definition) is 0. The van der Waals surface area contributed by atoms with Gasteiger partial charge in [0.25, 0.3) is 0 Å². The van der Waals surface area contributed by atoms with Crippen molar-refractivity contribution in [2.75, 3.05) is 19.5 Å². The van der Waals surface area contributed by atoms with Crippen LogP contribution in [0.3, 0.4) is 0 Å². The summed E-state index contributed by atoms with van der Waals surface area (Å²) in [7, 11) is 1.66. The lowest BCUT2D eigenvalue weighted by molar-refractivity contribution is -0.143. The first-order valence-electron chi connectivity index (χ1n) is 5.69. The van der Waals surface area contributed by atoms with Crippen molar-refractivity contribution >= 4 is 17.7 Å². The second kappa shape index (κ2) is 8.01. The van der Waals surface area contributed by atoms with Crippen LogP contribution in [0.15, 0.2) is 29.2 Å². The minimum atomic E-state index is -0.117.